The summed E-state index contributed by atoms with van der Waals surface area (Å²) in [6.45, 7) is 0. The van der Waals surface area contributed by atoms with Gasteiger partial charge in [0, 0.05) is 18.4 Å². The van der Waals surface area contributed by atoms with E-state index in [1.54, 1.807) is 0 Å². The molecular formula is C13H22N2O5. The molecule has 0 spiro atoms. The number of ether oxygens (including phenoxy) is 1. The van der Waals surface area contributed by atoms with Crippen molar-refractivity contribution in [1.29, 1.82) is 0 Å². The minimum absolute atomic E-state index is 0.0278. The van der Waals surface area contributed by atoms with Crippen LogP contribution in [-0.4, -0.2) is 42.1 Å². The molecule has 20 heavy (non-hydrogen) atoms. The predicted molar refractivity (Wildman–Crippen MR) is 70.7 cm³/mol. The van der Waals surface area contributed by atoms with Crippen molar-refractivity contribution in [3.63, 3.8) is 0 Å². The fraction of sp³-hybridized carbons (Fsp3) is 0.769. The highest BCUT2D eigenvalue weighted by atomic mass is 16.5. The van der Waals surface area contributed by atoms with Crippen LogP contribution in [0.3, 0.4) is 0 Å². The number of rotatable bonds is 6. The molecule has 1 fully saturated rings. The van der Waals surface area contributed by atoms with Crippen molar-refractivity contribution in [2.45, 2.75) is 50.6 Å². The summed E-state index contributed by atoms with van der Waals surface area (Å²) in [6, 6.07) is -0.925. The minimum Gasteiger partial charge on any atom is -0.480 e. The number of carbonyl (C=O) groups excluding carboxylic acids is 2. The quantitative estimate of drug-likeness (QED) is 0.593. The maximum atomic E-state index is 12.0. The molecule has 1 rings (SSSR count). The number of methoxy groups -OCH3 is 1. The molecule has 1 unspecified atom stereocenters. The standard InChI is InChI=1S/C13H22N2O5/c1-20-11(16)7-6-10(13(18)19)15-12(17)8-2-4-9(14)5-3-8/h8-10H,2-7,14H2,1H3,(H,15,17)(H,18,19). The number of hydrogen-bond acceptors (Lipinski definition) is 5. The van der Waals surface area contributed by atoms with E-state index >= 15 is 0 Å². The van der Waals surface area contributed by atoms with Gasteiger partial charge in [0.1, 0.15) is 6.04 Å². The molecule has 114 valence electrons. The molecule has 0 aliphatic heterocycles. The maximum Gasteiger partial charge on any atom is 0.326 e. The highest BCUT2D eigenvalue weighted by molar-refractivity contribution is 5.85. The van der Waals surface area contributed by atoms with Gasteiger partial charge in [-0.3, -0.25) is 9.59 Å². The lowest BCUT2D eigenvalue weighted by Gasteiger charge is -2.26. The first-order chi connectivity index (χ1) is 9.43. The lowest BCUT2D eigenvalue weighted by atomic mass is 9.85. The van der Waals surface area contributed by atoms with Gasteiger partial charge in [0.25, 0.3) is 0 Å². The third-order valence-corrected chi connectivity index (χ3v) is 3.62. The summed E-state index contributed by atoms with van der Waals surface area (Å²) in [4.78, 5) is 34.1. The fourth-order valence-electron chi connectivity index (χ4n) is 2.29. The third-order valence-electron chi connectivity index (χ3n) is 3.62. The number of carboxylic acids is 1. The van der Waals surface area contributed by atoms with Gasteiger partial charge in [-0.1, -0.05) is 0 Å². The third kappa shape index (κ3) is 5.16. The molecular weight excluding hydrogens is 264 g/mol. The molecule has 1 atom stereocenters. The molecule has 7 nitrogen and oxygen atoms in total. The van der Waals surface area contributed by atoms with Gasteiger partial charge in [0.15, 0.2) is 0 Å². The van der Waals surface area contributed by atoms with Crippen molar-refractivity contribution in [3.8, 4) is 0 Å². The van der Waals surface area contributed by atoms with Gasteiger partial charge < -0.3 is 20.9 Å². The first kappa shape index (κ1) is 16.4. The summed E-state index contributed by atoms with van der Waals surface area (Å²) in [5, 5.41) is 11.6. The van der Waals surface area contributed by atoms with Crippen molar-refractivity contribution in [1.82, 2.24) is 5.32 Å². The van der Waals surface area contributed by atoms with E-state index in [1.165, 1.54) is 7.11 Å². The number of nitrogens with two attached hydrogens (primary N) is 1. The van der Waals surface area contributed by atoms with Crippen LogP contribution in [0.5, 0.6) is 0 Å². The lowest BCUT2D eigenvalue weighted by Crippen LogP contribution is -2.45. The highest BCUT2D eigenvalue weighted by Crippen LogP contribution is 2.23. The van der Waals surface area contributed by atoms with E-state index in [1.807, 2.05) is 0 Å². The molecule has 4 N–H and O–H groups in total. The molecule has 0 saturated heterocycles. The highest BCUT2D eigenvalue weighted by Gasteiger charge is 2.28. The number of esters is 1. The minimum atomic E-state index is -1.14. The Morgan fingerprint density at radius 3 is 2.40 bits per heavy atom. The largest absolute Gasteiger partial charge is 0.480 e. The van der Waals surface area contributed by atoms with Crippen LogP contribution in [0, 0.1) is 5.92 Å². The molecule has 7 heteroatoms. The number of carbonyl (C=O) groups is 3. The lowest BCUT2D eigenvalue weighted by molar-refractivity contribution is -0.144. The molecule has 0 bridgehead atoms. The van der Waals surface area contributed by atoms with E-state index in [0.29, 0.717) is 12.8 Å². The first-order valence-electron chi connectivity index (χ1n) is 6.79. The van der Waals surface area contributed by atoms with Gasteiger partial charge in [0.2, 0.25) is 5.91 Å². The normalized spacial score (nSPS) is 23.7. The summed E-state index contributed by atoms with van der Waals surface area (Å²) in [7, 11) is 1.24. The number of carboxylic acid groups (broad SMARTS) is 1. The summed E-state index contributed by atoms with van der Waals surface area (Å²) in [6.07, 6.45) is 2.89. The van der Waals surface area contributed by atoms with Crippen LogP contribution < -0.4 is 11.1 Å². The van der Waals surface area contributed by atoms with Crippen LogP contribution >= 0.6 is 0 Å². The zero-order chi connectivity index (χ0) is 15.1. The van der Waals surface area contributed by atoms with Crippen molar-refractivity contribution in [2.75, 3.05) is 7.11 Å². The van der Waals surface area contributed by atoms with E-state index < -0.39 is 18.0 Å². The van der Waals surface area contributed by atoms with E-state index in [4.69, 9.17) is 10.8 Å². The van der Waals surface area contributed by atoms with Gasteiger partial charge >= 0.3 is 11.9 Å². The summed E-state index contributed by atoms with van der Waals surface area (Å²) < 4.78 is 4.45. The summed E-state index contributed by atoms with van der Waals surface area (Å²) in [5.74, 6) is -2.09. The van der Waals surface area contributed by atoms with Gasteiger partial charge in [-0.05, 0) is 32.1 Å². The van der Waals surface area contributed by atoms with Crippen LogP contribution in [0.25, 0.3) is 0 Å². The monoisotopic (exact) mass is 286 g/mol. The van der Waals surface area contributed by atoms with Crippen molar-refractivity contribution in [2.24, 2.45) is 11.7 Å². The van der Waals surface area contributed by atoms with E-state index in [-0.39, 0.29) is 30.7 Å². The first-order valence-corrected chi connectivity index (χ1v) is 6.79. The molecule has 0 radical (unpaired) electrons. The Morgan fingerprint density at radius 2 is 1.90 bits per heavy atom. The van der Waals surface area contributed by atoms with Crippen LogP contribution in [-0.2, 0) is 19.1 Å². The summed E-state index contributed by atoms with van der Waals surface area (Å²) in [5.41, 5.74) is 5.77. The second-order valence-corrected chi connectivity index (χ2v) is 5.13. The van der Waals surface area contributed by atoms with Gasteiger partial charge in [-0.25, -0.2) is 4.79 Å². The Bertz CT molecular complexity index is 364. The number of hydrogen-bond donors (Lipinski definition) is 3. The molecule has 1 amide bonds. The van der Waals surface area contributed by atoms with E-state index in [2.05, 4.69) is 10.1 Å². The fourth-order valence-corrected chi connectivity index (χ4v) is 2.29. The van der Waals surface area contributed by atoms with Crippen molar-refractivity contribution < 1.29 is 24.2 Å². The van der Waals surface area contributed by atoms with Crippen LogP contribution in [0.15, 0.2) is 0 Å². The predicted octanol–water partition coefficient (Wildman–Crippen LogP) is 0.0265. The van der Waals surface area contributed by atoms with Gasteiger partial charge in [-0.2, -0.15) is 0 Å². The number of amides is 1. The van der Waals surface area contributed by atoms with Gasteiger partial charge in [-0.15, -0.1) is 0 Å². The van der Waals surface area contributed by atoms with Crippen molar-refractivity contribution >= 4 is 17.8 Å². The maximum absolute atomic E-state index is 12.0. The molecule has 1 aliphatic carbocycles. The molecule has 0 heterocycles. The molecule has 1 saturated carbocycles. The van der Waals surface area contributed by atoms with Gasteiger partial charge in [0.05, 0.1) is 7.11 Å². The molecule has 0 aromatic carbocycles. The van der Waals surface area contributed by atoms with Crippen LogP contribution in [0.1, 0.15) is 38.5 Å². The van der Waals surface area contributed by atoms with Crippen LogP contribution in [0.4, 0.5) is 0 Å². The number of aliphatic carboxylic acids is 1. The van der Waals surface area contributed by atoms with E-state index in [9.17, 15) is 14.4 Å². The summed E-state index contributed by atoms with van der Waals surface area (Å²) >= 11 is 0. The SMILES string of the molecule is COC(=O)CCC(NC(=O)C1CCC(N)CC1)C(=O)O. The zero-order valence-electron chi connectivity index (χ0n) is 11.6. The smallest absolute Gasteiger partial charge is 0.326 e. The zero-order valence-corrected chi connectivity index (χ0v) is 11.6. The molecule has 0 aromatic rings. The Labute approximate surface area is 117 Å². The van der Waals surface area contributed by atoms with E-state index in [0.717, 1.165) is 12.8 Å². The number of nitrogens with one attached hydrogen (secondary N) is 1. The van der Waals surface area contributed by atoms with Crippen LogP contribution in [0.2, 0.25) is 0 Å². The Hall–Kier alpha value is -1.63. The molecule has 0 aromatic heterocycles. The average molecular weight is 286 g/mol. The molecule has 1 aliphatic rings. The second-order valence-electron chi connectivity index (χ2n) is 5.13. The Balaban J connectivity index is 2.46. The van der Waals surface area contributed by atoms with Crippen molar-refractivity contribution in [3.05, 3.63) is 0 Å². The average Bonchev–Trinajstić information content (AvgIpc) is 2.43. The topological polar surface area (TPSA) is 119 Å². The second kappa shape index (κ2) is 7.84. The Morgan fingerprint density at radius 1 is 1.30 bits per heavy atom. The Kier molecular flexibility index (Phi) is 6.44.